The molecule has 6 nitrogen and oxygen atoms in total. The summed E-state index contributed by atoms with van der Waals surface area (Å²) in [6, 6.07) is 0.0216. The van der Waals surface area contributed by atoms with Crippen molar-refractivity contribution in [1.82, 2.24) is 10.0 Å². The van der Waals surface area contributed by atoms with Gasteiger partial charge in [-0.2, -0.15) is 0 Å². The van der Waals surface area contributed by atoms with E-state index in [0.29, 0.717) is 6.54 Å². The number of sulfonamides is 1. The third-order valence-corrected chi connectivity index (χ3v) is 4.45. The normalized spacial score (nSPS) is 25.5. The van der Waals surface area contributed by atoms with Gasteiger partial charge in [0.1, 0.15) is 5.75 Å². The Kier molecular flexibility index (Phi) is 5.35. The molecule has 2 unspecified atom stereocenters. The van der Waals surface area contributed by atoms with Crippen LogP contribution in [0.15, 0.2) is 0 Å². The fourth-order valence-corrected chi connectivity index (χ4v) is 2.75. The highest BCUT2D eigenvalue weighted by atomic mass is 32.2. The van der Waals surface area contributed by atoms with Gasteiger partial charge in [-0.1, -0.05) is 12.8 Å². The van der Waals surface area contributed by atoms with E-state index < -0.39 is 21.7 Å². The molecule has 7 heteroatoms. The topological polar surface area (TPSA) is 101 Å². The number of nitrogens with two attached hydrogens (primary N) is 1. The summed E-state index contributed by atoms with van der Waals surface area (Å²) in [6.45, 7) is 0.531. The largest absolute Gasteiger partial charge is 0.352 e. The van der Waals surface area contributed by atoms with Crippen LogP contribution in [0.2, 0.25) is 0 Å². The molecule has 100 valence electrons. The zero-order valence-electron chi connectivity index (χ0n) is 10.1. The van der Waals surface area contributed by atoms with E-state index >= 15 is 0 Å². The molecule has 0 bridgehead atoms. The van der Waals surface area contributed by atoms with E-state index in [-0.39, 0.29) is 12.0 Å². The van der Waals surface area contributed by atoms with Crippen LogP contribution in [0.3, 0.4) is 0 Å². The van der Waals surface area contributed by atoms with Crippen molar-refractivity contribution in [3.05, 3.63) is 0 Å². The smallest absolute Gasteiger partial charge is 0.236 e. The highest BCUT2D eigenvalue weighted by Gasteiger charge is 2.26. The summed E-state index contributed by atoms with van der Waals surface area (Å²) in [5.41, 5.74) is 5.64. The molecule has 2 atom stereocenters. The van der Waals surface area contributed by atoms with Crippen LogP contribution >= 0.6 is 0 Å². The lowest BCUT2D eigenvalue weighted by molar-refractivity contribution is -0.119. The molecule has 1 amide bonds. The predicted molar refractivity (Wildman–Crippen MR) is 65.8 cm³/mol. The van der Waals surface area contributed by atoms with Gasteiger partial charge < -0.3 is 11.1 Å². The van der Waals surface area contributed by atoms with E-state index in [4.69, 9.17) is 5.73 Å². The van der Waals surface area contributed by atoms with Crippen LogP contribution in [0.4, 0.5) is 0 Å². The van der Waals surface area contributed by atoms with Gasteiger partial charge in [0.25, 0.3) is 0 Å². The summed E-state index contributed by atoms with van der Waals surface area (Å²) in [7, 11) is -2.19. The molecule has 0 aromatic carbocycles. The van der Waals surface area contributed by atoms with Crippen molar-refractivity contribution in [1.29, 1.82) is 0 Å². The number of carbonyl (C=O) groups is 1. The van der Waals surface area contributed by atoms with Crippen molar-refractivity contribution >= 4 is 15.9 Å². The molecule has 4 N–H and O–H groups in total. The first-order valence-electron chi connectivity index (χ1n) is 5.89. The number of hydrogen-bond donors (Lipinski definition) is 3. The van der Waals surface area contributed by atoms with E-state index in [0.717, 1.165) is 25.7 Å². The average molecular weight is 263 g/mol. The van der Waals surface area contributed by atoms with Crippen molar-refractivity contribution in [3.8, 4) is 0 Å². The maximum atomic E-state index is 11.6. The van der Waals surface area contributed by atoms with Crippen LogP contribution in [0.25, 0.3) is 0 Å². The Hall–Kier alpha value is -0.660. The van der Waals surface area contributed by atoms with E-state index in [9.17, 15) is 13.2 Å². The highest BCUT2D eigenvalue weighted by molar-refractivity contribution is 7.90. The van der Waals surface area contributed by atoms with Gasteiger partial charge in [-0.25, -0.2) is 13.1 Å². The fraction of sp³-hybridized carbons (Fsp3) is 0.900. The lowest BCUT2D eigenvalue weighted by atomic mass is 9.84. The van der Waals surface area contributed by atoms with E-state index in [2.05, 4.69) is 10.0 Å². The maximum Gasteiger partial charge on any atom is 0.236 e. The summed E-state index contributed by atoms with van der Waals surface area (Å²) < 4.78 is 24.5. The van der Waals surface area contributed by atoms with Crippen molar-refractivity contribution in [2.75, 3.05) is 19.3 Å². The van der Waals surface area contributed by atoms with Gasteiger partial charge in [0.15, 0.2) is 0 Å². The molecule has 0 heterocycles. The average Bonchev–Trinajstić information content (AvgIpc) is 2.29. The second-order valence-corrected chi connectivity index (χ2v) is 6.34. The first kappa shape index (κ1) is 14.4. The molecule has 1 fully saturated rings. The maximum absolute atomic E-state index is 11.6. The van der Waals surface area contributed by atoms with E-state index in [1.165, 1.54) is 7.05 Å². The highest BCUT2D eigenvalue weighted by Crippen LogP contribution is 2.23. The summed E-state index contributed by atoms with van der Waals surface area (Å²) >= 11 is 0. The molecule has 17 heavy (non-hydrogen) atoms. The summed E-state index contributed by atoms with van der Waals surface area (Å²) in [5, 5.41) is 2.77. The zero-order chi connectivity index (χ0) is 12.9. The molecular formula is C10H21N3O3S. The standard InChI is InChI=1S/C10H21N3O3S/c1-12-17(15,16)7-10(14)13-9-5-3-2-4-8(9)6-11/h8-9,12H,2-7,11H2,1H3,(H,13,14). The second-order valence-electron chi connectivity index (χ2n) is 4.42. The van der Waals surface area contributed by atoms with Crippen LogP contribution in [0.5, 0.6) is 0 Å². The minimum absolute atomic E-state index is 0.0216. The Morgan fingerprint density at radius 2 is 2.00 bits per heavy atom. The summed E-state index contributed by atoms with van der Waals surface area (Å²) in [4.78, 5) is 11.6. The zero-order valence-corrected chi connectivity index (χ0v) is 10.9. The first-order valence-corrected chi connectivity index (χ1v) is 7.54. The Morgan fingerprint density at radius 3 is 2.59 bits per heavy atom. The molecule has 1 aliphatic carbocycles. The molecule has 1 saturated carbocycles. The third-order valence-electron chi connectivity index (χ3n) is 3.19. The van der Waals surface area contributed by atoms with Gasteiger partial charge in [0.05, 0.1) is 0 Å². The van der Waals surface area contributed by atoms with Crippen molar-refractivity contribution in [2.24, 2.45) is 11.7 Å². The van der Waals surface area contributed by atoms with Crippen LogP contribution in [-0.4, -0.2) is 39.7 Å². The SMILES string of the molecule is CNS(=O)(=O)CC(=O)NC1CCCCC1CN. The molecule has 0 aromatic rings. The van der Waals surface area contributed by atoms with Crippen LogP contribution in [0.1, 0.15) is 25.7 Å². The third kappa shape index (κ3) is 4.61. The summed E-state index contributed by atoms with van der Waals surface area (Å²) in [6.07, 6.45) is 4.07. The van der Waals surface area contributed by atoms with E-state index in [1.807, 2.05) is 0 Å². The van der Waals surface area contributed by atoms with Crippen LogP contribution in [-0.2, 0) is 14.8 Å². The first-order chi connectivity index (χ1) is 7.98. The second kappa shape index (κ2) is 6.32. The molecule has 0 saturated heterocycles. The van der Waals surface area contributed by atoms with Crippen LogP contribution < -0.4 is 15.8 Å². The van der Waals surface area contributed by atoms with Crippen molar-refractivity contribution in [2.45, 2.75) is 31.7 Å². The van der Waals surface area contributed by atoms with Gasteiger partial charge in [0, 0.05) is 6.04 Å². The minimum atomic E-state index is -3.49. The van der Waals surface area contributed by atoms with Gasteiger partial charge >= 0.3 is 0 Å². The Morgan fingerprint density at radius 1 is 1.35 bits per heavy atom. The number of rotatable bonds is 5. The Balaban J connectivity index is 2.49. The molecule has 1 aliphatic rings. The van der Waals surface area contributed by atoms with E-state index in [1.54, 1.807) is 0 Å². The lowest BCUT2D eigenvalue weighted by Crippen LogP contribution is -2.47. The summed E-state index contributed by atoms with van der Waals surface area (Å²) in [5.74, 6) is -0.702. The molecule has 0 aromatic heterocycles. The molecule has 0 spiro atoms. The molecule has 0 radical (unpaired) electrons. The lowest BCUT2D eigenvalue weighted by Gasteiger charge is -2.31. The van der Waals surface area contributed by atoms with Gasteiger partial charge in [0.2, 0.25) is 15.9 Å². The van der Waals surface area contributed by atoms with Gasteiger partial charge in [-0.05, 0) is 32.4 Å². The van der Waals surface area contributed by atoms with Crippen LogP contribution in [0, 0.1) is 5.92 Å². The fourth-order valence-electron chi connectivity index (χ4n) is 2.17. The molecule has 1 rings (SSSR count). The van der Waals surface area contributed by atoms with Crippen molar-refractivity contribution in [3.63, 3.8) is 0 Å². The number of hydrogen-bond acceptors (Lipinski definition) is 4. The quantitative estimate of drug-likeness (QED) is 0.602. The van der Waals surface area contributed by atoms with Crippen molar-refractivity contribution < 1.29 is 13.2 Å². The number of nitrogens with one attached hydrogen (secondary N) is 2. The Labute approximate surface area is 102 Å². The number of amides is 1. The minimum Gasteiger partial charge on any atom is -0.352 e. The van der Waals surface area contributed by atoms with Gasteiger partial charge in [-0.15, -0.1) is 0 Å². The Bertz CT molecular complexity index is 356. The predicted octanol–water partition coefficient (Wildman–Crippen LogP) is -0.831. The monoisotopic (exact) mass is 263 g/mol. The van der Waals surface area contributed by atoms with Gasteiger partial charge in [-0.3, -0.25) is 4.79 Å². The number of carbonyl (C=O) groups excluding carboxylic acids is 1. The molecule has 0 aliphatic heterocycles. The molecular weight excluding hydrogens is 242 g/mol.